The van der Waals surface area contributed by atoms with Crippen LogP contribution in [0.3, 0.4) is 0 Å². The van der Waals surface area contributed by atoms with Crippen LogP contribution in [-0.2, 0) is 0 Å². The standard InChI is InChI=1S/C16H19BrN2OS/c1-9-2-3-10(6-9)8-19-16(20)15-14(18)12-7-11(17)4-5-13(12)21-15/h4-5,7,9-10H,2-3,6,8,18H2,1H3,(H,19,20). The van der Waals surface area contributed by atoms with Crippen LogP contribution in [0.15, 0.2) is 22.7 Å². The summed E-state index contributed by atoms with van der Waals surface area (Å²) < 4.78 is 2.03. The van der Waals surface area contributed by atoms with Gasteiger partial charge in [-0.15, -0.1) is 11.3 Å². The molecule has 21 heavy (non-hydrogen) atoms. The van der Waals surface area contributed by atoms with E-state index in [-0.39, 0.29) is 5.91 Å². The molecule has 1 aliphatic rings. The van der Waals surface area contributed by atoms with E-state index < -0.39 is 0 Å². The van der Waals surface area contributed by atoms with E-state index >= 15 is 0 Å². The molecule has 0 saturated heterocycles. The number of nitrogens with one attached hydrogen (secondary N) is 1. The van der Waals surface area contributed by atoms with Crippen molar-refractivity contribution >= 4 is 48.9 Å². The van der Waals surface area contributed by atoms with E-state index in [0.29, 0.717) is 16.5 Å². The average Bonchev–Trinajstić information content (AvgIpc) is 3.01. The van der Waals surface area contributed by atoms with Gasteiger partial charge in [0.25, 0.3) is 5.91 Å². The lowest BCUT2D eigenvalue weighted by Gasteiger charge is -2.10. The van der Waals surface area contributed by atoms with Gasteiger partial charge in [-0.2, -0.15) is 0 Å². The molecule has 0 aliphatic heterocycles. The summed E-state index contributed by atoms with van der Waals surface area (Å²) in [5.74, 6) is 1.37. The Morgan fingerprint density at radius 3 is 3.00 bits per heavy atom. The molecule has 1 aliphatic carbocycles. The average molecular weight is 367 g/mol. The summed E-state index contributed by atoms with van der Waals surface area (Å²) >= 11 is 4.91. The van der Waals surface area contributed by atoms with Gasteiger partial charge in [0.05, 0.1) is 5.69 Å². The molecule has 1 amide bonds. The topological polar surface area (TPSA) is 55.1 Å². The zero-order valence-corrected chi connectivity index (χ0v) is 14.4. The van der Waals surface area contributed by atoms with Crippen LogP contribution in [0.5, 0.6) is 0 Å². The fourth-order valence-corrected chi connectivity index (χ4v) is 4.47. The van der Waals surface area contributed by atoms with Crippen LogP contribution < -0.4 is 11.1 Å². The molecule has 2 atom stereocenters. The lowest BCUT2D eigenvalue weighted by atomic mass is 10.1. The Morgan fingerprint density at radius 1 is 1.48 bits per heavy atom. The molecule has 1 fully saturated rings. The molecule has 3 N–H and O–H groups in total. The molecule has 2 aromatic rings. The van der Waals surface area contributed by atoms with Gasteiger partial charge in [0.15, 0.2) is 0 Å². The number of nitrogens with two attached hydrogens (primary N) is 1. The van der Waals surface area contributed by atoms with Crippen LogP contribution in [0.2, 0.25) is 0 Å². The van der Waals surface area contributed by atoms with E-state index in [9.17, 15) is 4.79 Å². The fourth-order valence-electron chi connectivity index (χ4n) is 3.09. The number of carbonyl (C=O) groups is 1. The molecule has 3 rings (SSSR count). The summed E-state index contributed by atoms with van der Waals surface area (Å²) in [5.41, 5.74) is 6.73. The number of carbonyl (C=O) groups excluding carboxylic acids is 1. The largest absolute Gasteiger partial charge is 0.397 e. The highest BCUT2D eigenvalue weighted by Gasteiger charge is 2.23. The minimum Gasteiger partial charge on any atom is -0.397 e. The Bertz CT molecular complexity index is 682. The number of fused-ring (bicyclic) bond motifs is 1. The van der Waals surface area contributed by atoms with Crippen LogP contribution in [0.4, 0.5) is 5.69 Å². The first kappa shape index (κ1) is 14.9. The third-order valence-electron chi connectivity index (χ3n) is 4.25. The molecular formula is C16H19BrN2OS. The second kappa shape index (κ2) is 5.97. The Labute approximate surface area is 137 Å². The first-order chi connectivity index (χ1) is 10.0. The molecule has 1 saturated carbocycles. The Hall–Kier alpha value is -1.07. The van der Waals surface area contributed by atoms with Gasteiger partial charge in [0.1, 0.15) is 4.88 Å². The third-order valence-corrected chi connectivity index (χ3v) is 5.93. The van der Waals surface area contributed by atoms with Crippen molar-refractivity contribution in [2.75, 3.05) is 12.3 Å². The number of nitrogen functional groups attached to an aromatic ring is 1. The number of thiophene rings is 1. The smallest absolute Gasteiger partial charge is 0.263 e. The second-order valence-electron chi connectivity index (χ2n) is 5.98. The Morgan fingerprint density at radius 2 is 2.29 bits per heavy atom. The number of hydrogen-bond donors (Lipinski definition) is 2. The van der Waals surface area contributed by atoms with Crippen LogP contribution in [-0.4, -0.2) is 12.5 Å². The SMILES string of the molecule is CC1CCC(CNC(=O)c2sc3ccc(Br)cc3c2N)C1. The summed E-state index contributed by atoms with van der Waals surface area (Å²) in [7, 11) is 0. The van der Waals surface area contributed by atoms with Gasteiger partial charge in [-0.3, -0.25) is 4.79 Å². The normalized spacial score (nSPS) is 21.8. The number of rotatable bonds is 3. The van der Waals surface area contributed by atoms with Crippen LogP contribution in [0.1, 0.15) is 35.9 Å². The van der Waals surface area contributed by atoms with Crippen LogP contribution in [0.25, 0.3) is 10.1 Å². The minimum atomic E-state index is -0.0376. The highest BCUT2D eigenvalue weighted by atomic mass is 79.9. The van der Waals surface area contributed by atoms with Gasteiger partial charge >= 0.3 is 0 Å². The monoisotopic (exact) mass is 366 g/mol. The fraction of sp³-hybridized carbons (Fsp3) is 0.438. The zero-order chi connectivity index (χ0) is 15.0. The van der Waals surface area contributed by atoms with Crippen molar-refractivity contribution in [2.24, 2.45) is 11.8 Å². The van der Waals surface area contributed by atoms with E-state index in [1.807, 2.05) is 18.2 Å². The molecule has 3 nitrogen and oxygen atoms in total. The van der Waals surface area contributed by atoms with Gasteiger partial charge in [-0.25, -0.2) is 0 Å². The van der Waals surface area contributed by atoms with Crippen molar-refractivity contribution < 1.29 is 4.79 Å². The zero-order valence-electron chi connectivity index (χ0n) is 12.0. The van der Waals surface area contributed by atoms with E-state index in [1.165, 1.54) is 30.6 Å². The summed E-state index contributed by atoms with van der Waals surface area (Å²) in [4.78, 5) is 13.0. The molecule has 0 bridgehead atoms. The molecule has 1 heterocycles. The number of amides is 1. The molecule has 1 aromatic carbocycles. The number of anilines is 1. The van der Waals surface area contributed by atoms with Crippen molar-refractivity contribution in [3.05, 3.63) is 27.5 Å². The predicted octanol–water partition coefficient (Wildman–Crippen LogP) is 4.41. The Balaban J connectivity index is 1.74. The van der Waals surface area contributed by atoms with Gasteiger partial charge < -0.3 is 11.1 Å². The minimum absolute atomic E-state index is 0.0376. The van der Waals surface area contributed by atoms with Gasteiger partial charge in [0.2, 0.25) is 0 Å². The van der Waals surface area contributed by atoms with Crippen molar-refractivity contribution in [2.45, 2.75) is 26.2 Å². The quantitative estimate of drug-likeness (QED) is 0.844. The number of hydrogen-bond acceptors (Lipinski definition) is 3. The first-order valence-corrected chi connectivity index (χ1v) is 8.91. The maximum absolute atomic E-state index is 12.4. The maximum Gasteiger partial charge on any atom is 0.263 e. The molecule has 112 valence electrons. The van der Waals surface area contributed by atoms with Gasteiger partial charge in [0, 0.05) is 21.1 Å². The summed E-state index contributed by atoms with van der Waals surface area (Å²) in [5, 5.41) is 4.01. The molecule has 1 aromatic heterocycles. The van der Waals surface area contributed by atoms with E-state index in [0.717, 1.165) is 27.0 Å². The lowest BCUT2D eigenvalue weighted by Crippen LogP contribution is -2.28. The molecular weight excluding hydrogens is 348 g/mol. The highest BCUT2D eigenvalue weighted by Crippen LogP contribution is 2.35. The van der Waals surface area contributed by atoms with E-state index in [1.54, 1.807) is 0 Å². The summed E-state index contributed by atoms with van der Waals surface area (Å²) in [6.45, 7) is 3.05. The summed E-state index contributed by atoms with van der Waals surface area (Å²) in [6, 6.07) is 5.94. The molecule has 0 radical (unpaired) electrons. The predicted molar refractivity (Wildman–Crippen MR) is 92.8 cm³/mol. The highest BCUT2D eigenvalue weighted by molar-refractivity contribution is 9.10. The first-order valence-electron chi connectivity index (χ1n) is 7.30. The van der Waals surface area contributed by atoms with E-state index in [4.69, 9.17) is 5.73 Å². The van der Waals surface area contributed by atoms with Crippen molar-refractivity contribution in [1.82, 2.24) is 5.32 Å². The lowest BCUT2D eigenvalue weighted by molar-refractivity contribution is 0.0952. The Kier molecular flexibility index (Phi) is 4.22. The van der Waals surface area contributed by atoms with Crippen molar-refractivity contribution in [1.29, 1.82) is 0 Å². The van der Waals surface area contributed by atoms with Crippen LogP contribution >= 0.6 is 27.3 Å². The van der Waals surface area contributed by atoms with E-state index in [2.05, 4.69) is 28.2 Å². The van der Waals surface area contributed by atoms with Gasteiger partial charge in [-0.05, 0) is 42.9 Å². The van der Waals surface area contributed by atoms with Crippen molar-refractivity contribution in [3.8, 4) is 0 Å². The molecule has 5 heteroatoms. The number of halogens is 1. The maximum atomic E-state index is 12.4. The molecule has 2 unspecified atom stereocenters. The third kappa shape index (κ3) is 3.09. The molecule has 0 spiro atoms. The van der Waals surface area contributed by atoms with Crippen molar-refractivity contribution in [3.63, 3.8) is 0 Å². The van der Waals surface area contributed by atoms with Gasteiger partial charge in [-0.1, -0.05) is 29.3 Å². The second-order valence-corrected chi connectivity index (χ2v) is 7.95. The summed E-state index contributed by atoms with van der Waals surface area (Å²) in [6.07, 6.45) is 3.71. The number of benzene rings is 1. The van der Waals surface area contributed by atoms with Crippen LogP contribution in [0, 0.1) is 11.8 Å².